The molecule has 0 saturated carbocycles. The summed E-state index contributed by atoms with van der Waals surface area (Å²) in [6.45, 7) is 1.78. The third-order valence-corrected chi connectivity index (χ3v) is 8.09. The van der Waals surface area contributed by atoms with Gasteiger partial charge in [-0.15, -0.1) is 0 Å². The minimum Gasteiger partial charge on any atom is -0.302 e. The zero-order chi connectivity index (χ0) is 25.1. The van der Waals surface area contributed by atoms with Crippen molar-refractivity contribution < 1.29 is 23.3 Å². The van der Waals surface area contributed by atoms with E-state index in [0.717, 1.165) is 22.9 Å². The van der Waals surface area contributed by atoms with Crippen LogP contribution in [0.25, 0.3) is 22.0 Å². The maximum Gasteiger partial charge on any atom is 0.264 e. The van der Waals surface area contributed by atoms with E-state index in [4.69, 9.17) is 10.0 Å². The van der Waals surface area contributed by atoms with E-state index in [1.807, 2.05) is 43.4 Å². The van der Waals surface area contributed by atoms with E-state index in [2.05, 4.69) is 4.98 Å². The van der Waals surface area contributed by atoms with Crippen molar-refractivity contribution in [2.75, 3.05) is 20.4 Å². The Labute approximate surface area is 197 Å². The molecule has 0 aliphatic heterocycles. The molecule has 0 fully saturated rings. The number of carbonyl (C=O) groups excluding carboxylic acids is 1. The van der Waals surface area contributed by atoms with Gasteiger partial charge in [0.25, 0.3) is 11.5 Å². The zero-order valence-electron chi connectivity index (χ0n) is 19.5. The lowest BCUT2D eigenvalue weighted by Gasteiger charge is -2.25. The van der Waals surface area contributed by atoms with Gasteiger partial charge in [-0.1, -0.05) is 30.3 Å². The van der Waals surface area contributed by atoms with Crippen LogP contribution in [0, 0.1) is 0 Å². The highest BCUT2D eigenvalue weighted by Crippen LogP contribution is 2.24. The first kappa shape index (κ1) is 25.5. The number of hydrogen-bond acceptors (Lipinski definition) is 8. The van der Waals surface area contributed by atoms with Crippen LogP contribution < -0.4 is 11.0 Å². The Hall–Kier alpha value is -3.12. The van der Waals surface area contributed by atoms with Crippen molar-refractivity contribution in [1.82, 2.24) is 20.1 Å². The Kier molecular flexibility index (Phi) is 7.51. The highest BCUT2D eigenvalue weighted by molar-refractivity contribution is 7.92. The van der Waals surface area contributed by atoms with Crippen molar-refractivity contribution in [3.05, 3.63) is 64.7 Å². The summed E-state index contributed by atoms with van der Waals surface area (Å²) in [5.41, 5.74) is 4.50. The van der Waals surface area contributed by atoms with Gasteiger partial charge in [0.2, 0.25) is 0 Å². The van der Waals surface area contributed by atoms with Crippen LogP contribution in [-0.4, -0.2) is 59.3 Å². The molecule has 2 aromatic carbocycles. The molecule has 0 unspecified atom stereocenters. The summed E-state index contributed by atoms with van der Waals surface area (Å²) in [7, 11) is -0.409. The number of aryl methyl sites for hydroxylation is 1. The van der Waals surface area contributed by atoms with E-state index in [9.17, 15) is 18.0 Å². The number of amides is 1. The number of nitrogens with zero attached hydrogens (tertiary/aromatic N) is 3. The molecule has 1 atom stereocenters. The highest BCUT2D eigenvalue weighted by Gasteiger charge is 2.43. The Morgan fingerprint density at radius 3 is 2.44 bits per heavy atom. The number of benzene rings is 2. The van der Waals surface area contributed by atoms with Crippen molar-refractivity contribution in [2.24, 2.45) is 0 Å². The van der Waals surface area contributed by atoms with Gasteiger partial charge in [0.1, 0.15) is 0 Å². The highest BCUT2D eigenvalue weighted by atomic mass is 32.2. The van der Waals surface area contributed by atoms with Gasteiger partial charge in [-0.05, 0) is 42.2 Å². The van der Waals surface area contributed by atoms with E-state index in [1.54, 1.807) is 18.2 Å². The van der Waals surface area contributed by atoms with Crippen LogP contribution in [0.1, 0.15) is 18.9 Å². The Morgan fingerprint density at radius 1 is 1.21 bits per heavy atom. The molecule has 0 radical (unpaired) electrons. The fourth-order valence-electron chi connectivity index (χ4n) is 3.54. The molecule has 1 heterocycles. The molecule has 3 rings (SSSR count). The van der Waals surface area contributed by atoms with Crippen LogP contribution in [0.4, 0.5) is 0 Å². The Bertz CT molecular complexity index is 1350. The second kappa shape index (κ2) is 10.0. The summed E-state index contributed by atoms with van der Waals surface area (Å²) in [5.74, 6) is -1.05. The van der Waals surface area contributed by atoms with Crippen molar-refractivity contribution in [1.29, 1.82) is 0 Å². The molecule has 2 N–H and O–H groups in total. The van der Waals surface area contributed by atoms with Gasteiger partial charge in [-0.25, -0.2) is 18.9 Å². The molecule has 0 saturated heterocycles. The number of carbonyl (C=O) groups is 1. The molecule has 182 valence electrons. The van der Waals surface area contributed by atoms with Crippen molar-refractivity contribution in [3.63, 3.8) is 0 Å². The van der Waals surface area contributed by atoms with Crippen LogP contribution in [0.2, 0.25) is 0 Å². The standard InChI is InChI=1S/C23H28N4O6S/c1-23(22(29)25-30,34(4,31)32)11-12-27-15-24-20-13-18(9-10-19(20)21(27)28)17-7-5-16(6-8-17)14-26(2)33-3/h5-10,13,15,30H,11-12,14H2,1-4H3,(H,25,29)/t23-/m1/s1. The largest absolute Gasteiger partial charge is 0.302 e. The van der Waals surface area contributed by atoms with Crippen LogP contribution in [-0.2, 0) is 32.6 Å². The average molecular weight is 489 g/mol. The number of sulfone groups is 1. The predicted octanol–water partition coefficient (Wildman–Crippen LogP) is 1.76. The summed E-state index contributed by atoms with van der Waals surface area (Å²) >= 11 is 0. The number of fused-ring (bicyclic) bond motifs is 1. The quantitative estimate of drug-likeness (QED) is 0.344. The molecule has 0 aliphatic carbocycles. The van der Waals surface area contributed by atoms with Crippen LogP contribution in [0.5, 0.6) is 0 Å². The summed E-state index contributed by atoms with van der Waals surface area (Å²) < 4.78 is 23.7. The van der Waals surface area contributed by atoms with Gasteiger partial charge in [0.15, 0.2) is 14.6 Å². The van der Waals surface area contributed by atoms with Gasteiger partial charge in [-0.3, -0.25) is 19.4 Å². The molecule has 1 aromatic heterocycles. The minimum atomic E-state index is -3.87. The van der Waals surface area contributed by atoms with Gasteiger partial charge in [-0.2, -0.15) is 5.06 Å². The lowest BCUT2D eigenvalue weighted by Crippen LogP contribution is -2.50. The summed E-state index contributed by atoms with van der Waals surface area (Å²) in [5, 5.41) is 11.0. The number of hydroxylamine groups is 3. The summed E-state index contributed by atoms with van der Waals surface area (Å²) in [6, 6.07) is 13.3. The van der Waals surface area contributed by atoms with E-state index < -0.39 is 20.5 Å². The second-order valence-electron chi connectivity index (χ2n) is 8.33. The predicted molar refractivity (Wildman–Crippen MR) is 128 cm³/mol. The van der Waals surface area contributed by atoms with Gasteiger partial charge >= 0.3 is 0 Å². The van der Waals surface area contributed by atoms with Crippen LogP contribution >= 0.6 is 0 Å². The smallest absolute Gasteiger partial charge is 0.264 e. The fourth-order valence-corrected chi connectivity index (χ4v) is 4.39. The molecule has 11 heteroatoms. The molecule has 1 amide bonds. The van der Waals surface area contributed by atoms with E-state index >= 15 is 0 Å². The fraction of sp³-hybridized carbons (Fsp3) is 0.348. The molecular formula is C23H28N4O6S. The van der Waals surface area contributed by atoms with Crippen molar-refractivity contribution >= 4 is 26.6 Å². The molecule has 3 aromatic rings. The zero-order valence-corrected chi connectivity index (χ0v) is 20.3. The number of rotatable bonds is 9. The van der Waals surface area contributed by atoms with Gasteiger partial charge in [0, 0.05) is 26.4 Å². The second-order valence-corrected chi connectivity index (χ2v) is 10.8. The average Bonchev–Trinajstić information content (AvgIpc) is 2.82. The monoisotopic (exact) mass is 488 g/mol. The maximum absolute atomic E-state index is 13.0. The SMILES string of the molecule is CON(C)Cc1ccc(-c2ccc3c(=O)n(CC[C@](C)(C(=O)NO)S(C)(=O)=O)cnc3c2)cc1. The van der Waals surface area contributed by atoms with Crippen molar-refractivity contribution in [2.45, 2.75) is 31.2 Å². The van der Waals surface area contributed by atoms with Crippen molar-refractivity contribution in [3.8, 4) is 11.1 Å². The molecule has 0 aliphatic rings. The lowest BCUT2D eigenvalue weighted by molar-refractivity contribution is -0.131. The molecular weight excluding hydrogens is 460 g/mol. The first-order valence-corrected chi connectivity index (χ1v) is 12.4. The molecule has 0 bridgehead atoms. The maximum atomic E-state index is 13.0. The minimum absolute atomic E-state index is 0.0715. The van der Waals surface area contributed by atoms with Gasteiger partial charge in [0.05, 0.1) is 24.3 Å². The third-order valence-electron chi connectivity index (χ3n) is 6.06. The summed E-state index contributed by atoms with van der Waals surface area (Å²) in [6.07, 6.45) is 2.03. The Balaban J connectivity index is 1.86. The number of hydrogen-bond donors (Lipinski definition) is 2. The molecule has 0 spiro atoms. The van der Waals surface area contributed by atoms with Gasteiger partial charge < -0.3 is 4.84 Å². The first-order valence-electron chi connectivity index (χ1n) is 10.5. The summed E-state index contributed by atoms with van der Waals surface area (Å²) in [4.78, 5) is 34.5. The van der Waals surface area contributed by atoms with E-state index in [0.29, 0.717) is 17.4 Å². The number of nitrogens with one attached hydrogen (secondary N) is 1. The normalized spacial score (nSPS) is 13.7. The third kappa shape index (κ3) is 5.17. The lowest BCUT2D eigenvalue weighted by atomic mass is 10.0. The van der Waals surface area contributed by atoms with E-state index in [1.165, 1.54) is 23.3 Å². The van der Waals surface area contributed by atoms with Crippen LogP contribution in [0.15, 0.2) is 53.6 Å². The first-order chi connectivity index (χ1) is 16.0. The molecule has 10 nitrogen and oxygen atoms in total. The Morgan fingerprint density at radius 2 is 1.85 bits per heavy atom. The number of aromatic nitrogens is 2. The van der Waals surface area contributed by atoms with E-state index in [-0.39, 0.29) is 18.5 Å². The molecule has 34 heavy (non-hydrogen) atoms. The van der Waals surface area contributed by atoms with Crippen LogP contribution in [0.3, 0.4) is 0 Å². The topological polar surface area (TPSA) is 131 Å².